The molecular formula is C24H26FN5O2. The largest absolute Gasteiger partial charge is 0.387 e. The molecule has 166 valence electrons. The number of anilines is 1. The quantitative estimate of drug-likeness (QED) is 0.638. The van der Waals surface area contributed by atoms with Crippen molar-refractivity contribution in [3.63, 3.8) is 0 Å². The fourth-order valence-corrected chi connectivity index (χ4v) is 4.38. The SMILES string of the molecule is [C-]#[N+]c1ccc2c(n1)c(N1C[C@@H](C)N(CC(O)c3ccc(F)cc3)C[C@@H]1C)cc(=O)n2C. The van der Waals surface area contributed by atoms with Crippen LogP contribution < -0.4 is 10.5 Å². The van der Waals surface area contributed by atoms with Gasteiger partial charge in [-0.3, -0.25) is 9.69 Å². The van der Waals surface area contributed by atoms with Crippen LogP contribution in [0, 0.1) is 12.4 Å². The number of fused-ring (bicyclic) bond motifs is 1. The van der Waals surface area contributed by atoms with Crippen LogP contribution in [0.3, 0.4) is 0 Å². The van der Waals surface area contributed by atoms with Crippen LogP contribution in [0.2, 0.25) is 0 Å². The number of aryl methyl sites for hydroxylation is 1. The maximum Gasteiger partial charge on any atom is 0.270 e. The summed E-state index contributed by atoms with van der Waals surface area (Å²) in [5, 5.41) is 10.7. The molecule has 3 heterocycles. The van der Waals surface area contributed by atoms with E-state index in [4.69, 9.17) is 6.57 Å². The Labute approximate surface area is 186 Å². The van der Waals surface area contributed by atoms with Gasteiger partial charge >= 0.3 is 0 Å². The summed E-state index contributed by atoms with van der Waals surface area (Å²) in [5.74, 6) is -0.0353. The number of β-amino-alcohol motifs (C(OH)–C–C–N with tert-alkyl or cyclic N) is 1. The number of aromatic nitrogens is 2. The number of aliphatic hydroxyl groups is 1. The average Bonchev–Trinajstić information content (AvgIpc) is 2.78. The molecule has 0 spiro atoms. The second kappa shape index (κ2) is 8.69. The molecule has 3 atom stereocenters. The van der Waals surface area contributed by atoms with E-state index in [1.807, 2.05) is 0 Å². The van der Waals surface area contributed by atoms with Crippen LogP contribution in [0.5, 0.6) is 0 Å². The van der Waals surface area contributed by atoms with Gasteiger partial charge in [0.25, 0.3) is 11.4 Å². The topological polar surface area (TPSA) is 66.0 Å². The van der Waals surface area contributed by atoms with Crippen molar-refractivity contribution in [1.82, 2.24) is 14.5 Å². The van der Waals surface area contributed by atoms with E-state index in [0.29, 0.717) is 42.0 Å². The van der Waals surface area contributed by atoms with E-state index in [2.05, 4.69) is 33.5 Å². The molecule has 1 N–H and O–H groups in total. The maximum absolute atomic E-state index is 13.2. The molecule has 1 saturated heterocycles. The Balaban J connectivity index is 1.61. The number of halogens is 1. The molecule has 0 aliphatic carbocycles. The molecule has 4 rings (SSSR count). The number of benzene rings is 1. The van der Waals surface area contributed by atoms with Crippen LogP contribution >= 0.6 is 0 Å². The van der Waals surface area contributed by atoms with Crippen molar-refractivity contribution in [1.29, 1.82) is 0 Å². The number of nitrogens with zero attached hydrogens (tertiary/aromatic N) is 5. The van der Waals surface area contributed by atoms with Crippen molar-refractivity contribution >= 4 is 22.5 Å². The van der Waals surface area contributed by atoms with Crippen LogP contribution in [-0.2, 0) is 7.05 Å². The van der Waals surface area contributed by atoms with Crippen LogP contribution in [0.4, 0.5) is 15.9 Å². The Hall–Kier alpha value is -3.28. The summed E-state index contributed by atoms with van der Waals surface area (Å²) < 4.78 is 14.7. The molecule has 3 aromatic rings. The van der Waals surface area contributed by atoms with Gasteiger partial charge in [0.1, 0.15) is 5.82 Å². The number of hydrogen-bond donors (Lipinski definition) is 1. The predicted octanol–water partition coefficient (Wildman–Crippen LogP) is 3.26. The summed E-state index contributed by atoms with van der Waals surface area (Å²) in [5.41, 5.74) is 2.61. The molecule has 0 amide bonds. The van der Waals surface area contributed by atoms with Gasteiger partial charge < -0.3 is 19.4 Å². The van der Waals surface area contributed by atoms with E-state index in [1.165, 1.54) is 12.1 Å². The normalized spacial score (nSPS) is 20.3. The third kappa shape index (κ3) is 4.09. The van der Waals surface area contributed by atoms with Gasteiger partial charge in [-0.05, 0) is 43.7 Å². The molecule has 32 heavy (non-hydrogen) atoms. The van der Waals surface area contributed by atoms with Crippen LogP contribution in [0.1, 0.15) is 25.5 Å². The van der Waals surface area contributed by atoms with Gasteiger partial charge in [-0.1, -0.05) is 18.7 Å². The highest BCUT2D eigenvalue weighted by Crippen LogP contribution is 2.30. The summed E-state index contributed by atoms with van der Waals surface area (Å²) in [4.78, 5) is 24.9. The molecule has 1 unspecified atom stereocenters. The Kier molecular flexibility index (Phi) is 5.96. The fraction of sp³-hybridized carbons (Fsp3) is 0.375. The monoisotopic (exact) mass is 435 g/mol. The molecule has 2 aromatic heterocycles. The summed E-state index contributed by atoms with van der Waals surface area (Å²) in [6.07, 6.45) is -0.718. The van der Waals surface area contributed by atoms with Gasteiger partial charge in [-0.2, -0.15) is 0 Å². The Morgan fingerprint density at radius 3 is 2.59 bits per heavy atom. The van der Waals surface area contributed by atoms with Crippen molar-refractivity contribution < 1.29 is 9.50 Å². The highest BCUT2D eigenvalue weighted by Gasteiger charge is 2.32. The fourth-order valence-electron chi connectivity index (χ4n) is 4.38. The molecule has 1 fully saturated rings. The zero-order valence-corrected chi connectivity index (χ0v) is 18.4. The first-order valence-electron chi connectivity index (χ1n) is 10.6. The summed E-state index contributed by atoms with van der Waals surface area (Å²) in [7, 11) is 1.70. The first-order valence-corrected chi connectivity index (χ1v) is 10.6. The minimum absolute atomic E-state index is 0.0559. The van der Waals surface area contributed by atoms with Crippen LogP contribution in [0.25, 0.3) is 15.9 Å². The van der Waals surface area contributed by atoms with Crippen molar-refractivity contribution in [3.05, 3.63) is 75.6 Å². The summed E-state index contributed by atoms with van der Waals surface area (Å²) in [6.45, 7) is 13.2. The van der Waals surface area contributed by atoms with Gasteiger partial charge in [-0.15, -0.1) is 4.98 Å². The molecule has 0 bridgehead atoms. The van der Waals surface area contributed by atoms with Crippen molar-refractivity contribution in [2.24, 2.45) is 7.05 Å². The van der Waals surface area contributed by atoms with Crippen molar-refractivity contribution in [2.75, 3.05) is 24.5 Å². The van der Waals surface area contributed by atoms with E-state index in [-0.39, 0.29) is 23.5 Å². The summed E-state index contributed by atoms with van der Waals surface area (Å²) in [6, 6.07) is 11.1. The number of aliphatic hydroxyl groups excluding tert-OH is 1. The summed E-state index contributed by atoms with van der Waals surface area (Å²) >= 11 is 0. The zero-order valence-electron chi connectivity index (χ0n) is 18.4. The lowest BCUT2D eigenvalue weighted by molar-refractivity contribution is 0.0761. The number of hydrogen-bond acceptors (Lipinski definition) is 5. The van der Waals surface area contributed by atoms with Gasteiger partial charge in [0.15, 0.2) is 0 Å². The Bertz CT molecular complexity index is 1230. The number of piperazine rings is 1. The van der Waals surface area contributed by atoms with E-state index in [1.54, 1.807) is 41.9 Å². The molecule has 7 nitrogen and oxygen atoms in total. The predicted molar refractivity (Wildman–Crippen MR) is 122 cm³/mol. The van der Waals surface area contributed by atoms with Gasteiger partial charge in [0.2, 0.25) is 5.52 Å². The molecule has 1 aromatic carbocycles. The second-order valence-electron chi connectivity index (χ2n) is 8.45. The highest BCUT2D eigenvalue weighted by molar-refractivity contribution is 5.89. The van der Waals surface area contributed by atoms with Crippen LogP contribution in [-0.4, -0.2) is 51.3 Å². The lowest BCUT2D eigenvalue weighted by Gasteiger charge is -2.45. The minimum Gasteiger partial charge on any atom is -0.387 e. The average molecular weight is 436 g/mol. The number of pyridine rings is 2. The molecule has 1 aliphatic rings. The van der Waals surface area contributed by atoms with Crippen molar-refractivity contribution in [3.8, 4) is 0 Å². The zero-order chi connectivity index (χ0) is 23.0. The third-order valence-corrected chi connectivity index (χ3v) is 6.26. The minimum atomic E-state index is -0.718. The molecule has 8 heteroatoms. The Morgan fingerprint density at radius 1 is 1.19 bits per heavy atom. The van der Waals surface area contributed by atoms with E-state index >= 15 is 0 Å². The standard InChI is InChI=1S/C24H26FN5O2/c1-15-13-30(16(2)12-29(15)14-21(31)17-5-7-18(25)8-6-17)20-11-23(32)28(4)19-9-10-22(26-3)27-24(19)20/h5-11,15-16,21,31H,12-14H2,1-2,4H3/t15-,16+,21?/m1/s1. The number of rotatable bonds is 4. The first kappa shape index (κ1) is 21.9. The first-order chi connectivity index (χ1) is 15.3. The lowest BCUT2D eigenvalue weighted by atomic mass is 10.0. The Morgan fingerprint density at radius 2 is 1.91 bits per heavy atom. The lowest BCUT2D eigenvalue weighted by Crippen LogP contribution is -2.57. The van der Waals surface area contributed by atoms with E-state index in [9.17, 15) is 14.3 Å². The van der Waals surface area contributed by atoms with Crippen LogP contribution in [0.15, 0.2) is 47.3 Å². The van der Waals surface area contributed by atoms with E-state index in [0.717, 1.165) is 5.69 Å². The molecular weight excluding hydrogens is 409 g/mol. The second-order valence-corrected chi connectivity index (χ2v) is 8.45. The smallest absolute Gasteiger partial charge is 0.270 e. The van der Waals surface area contributed by atoms with Gasteiger partial charge in [0, 0.05) is 44.8 Å². The maximum atomic E-state index is 13.2. The molecule has 0 radical (unpaired) electrons. The van der Waals surface area contributed by atoms with Gasteiger partial charge in [-0.25, -0.2) is 4.39 Å². The molecule has 0 saturated carbocycles. The van der Waals surface area contributed by atoms with E-state index < -0.39 is 6.10 Å². The molecule has 1 aliphatic heterocycles. The van der Waals surface area contributed by atoms with Gasteiger partial charge in [0.05, 0.1) is 17.3 Å². The van der Waals surface area contributed by atoms with Crippen molar-refractivity contribution in [2.45, 2.75) is 32.0 Å². The highest BCUT2D eigenvalue weighted by atomic mass is 19.1. The third-order valence-electron chi connectivity index (χ3n) is 6.26.